The van der Waals surface area contributed by atoms with E-state index in [2.05, 4.69) is 16.8 Å². The van der Waals surface area contributed by atoms with Crippen LogP contribution in [0.1, 0.15) is 20.8 Å². The number of nitrogens with zero attached hydrogens (tertiary/aromatic N) is 1. The summed E-state index contributed by atoms with van der Waals surface area (Å²) in [6.07, 6.45) is 0. The van der Waals surface area contributed by atoms with Gasteiger partial charge in [-0.25, -0.2) is 0 Å². The predicted molar refractivity (Wildman–Crippen MR) is 83.2 cm³/mol. The van der Waals surface area contributed by atoms with Crippen LogP contribution in [0, 0.1) is 0 Å². The fourth-order valence-corrected chi connectivity index (χ4v) is 1.72. The summed E-state index contributed by atoms with van der Waals surface area (Å²) in [4.78, 5) is 14.0. The van der Waals surface area contributed by atoms with E-state index in [0.29, 0.717) is 13.2 Å². The molecule has 0 fully saturated rings. The van der Waals surface area contributed by atoms with Crippen LogP contribution in [-0.4, -0.2) is 37.0 Å². The van der Waals surface area contributed by atoms with Crippen LogP contribution in [0.3, 0.4) is 0 Å². The average Bonchev–Trinajstić information content (AvgIpc) is 2.43. The highest BCUT2D eigenvalue weighted by molar-refractivity contribution is 5.92. The van der Waals surface area contributed by atoms with E-state index < -0.39 is 0 Å². The summed E-state index contributed by atoms with van der Waals surface area (Å²) >= 11 is 0. The summed E-state index contributed by atoms with van der Waals surface area (Å²) in [6, 6.07) is 7.40. The molecule has 0 aliphatic heterocycles. The molecule has 0 unspecified atom stereocenters. The van der Waals surface area contributed by atoms with Crippen molar-refractivity contribution in [2.75, 3.05) is 31.6 Å². The summed E-state index contributed by atoms with van der Waals surface area (Å²) in [5, 5.41) is 2.89. The van der Waals surface area contributed by atoms with Crippen LogP contribution in [0.15, 0.2) is 36.4 Å². The molecule has 0 spiro atoms. The molecule has 0 radical (unpaired) electrons. The number of hydrogen-bond acceptors (Lipinski definition) is 3. The number of ether oxygens (including phenoxy) is 1. The first-order chi connectivity index (χ1) is 9.55. The first kappa shape index (κ1) is 16.2. The monoisotopic (exact) mass is 276 g/mol. The van der Waals surface area contributed by atoms with Crippen molar-refractivity contribution in [3.05, 3.63) is 36.4 Å². The van der Waals surface area contributed by atoms with Crippen molar-refractivity contribution in [1.29, 1.82) is 0 Å². The molecule has 0 saturated carbocycles. The van der Waals surface area contributed by atoms with E-state index >= 15 is 0 Å². The Morgan fingerprint density at radius 2 is 2.05 bits per heavy atom. The Morgan fingerprint density at radius 1 is 1.35 bits per heavy atom. The fraction of sp³-hybridized carbons (Fsp3) is 0.438. The standard InChI is InChI=1S/C16H24N2O2/c1-5-18(6-2)11-16(19)17-14-8-7-9-15(10-14)20-12-13(3)4/h7-10H,3,5-6,11-12H2,1-2,4H3,(H,17,19). The van der Waals surface area contributed by atoms with E-state index in [-0.39, 0.29) is 5.91 Å². The number of amides is 1. The number of anilines is 1. The second-order valence-corrected chi connectivity index (χ2v) is 4.78. The number of rotatable bonds is 8. The minimum atomic E-state index is -0.00856. The van der Waals surface area contributed by atoms with Gasteiger partial charge in [0.25, 0.3) is 0 Å². The quantitative estimate of drug-likeness (QED) is 0.742. The second-order valence-electron chi connectivity index (χ2n) is 4.78. The maximum Gasteiger partial charge on any atom is 0.238 e. The zero-order chi connectivity index (χ0) is 15.0. The number of hydrogen-bond donors (Lipinski definition) is 1. The van der Waals surface area contributed by atoms with Gasteiger partial charge in [-0.15, -0.1) is 0 Å². The molecule has 20 heavy (non-hydrogen) atoms. The Kier molecular flexibility index (Phi) is 6.81. The molecule has 110 valence electrons. The van der Waals surface area contributed by atoms with E-state index in [4.69, 9.17) is 4.74 Å². The summed E-state index contributed by atoms with van der Waals surface area (Å²) in [6.45, 7) is 12.4. The van der Waals surface area contributed by atoms with Crippen LogP contribution in [0.25, 0.3) is 0 Å². The number of carbonyl (C=O) groups is 1. The largest absolute Gasteiger partial charge is 0.489 e. The van der Waals surface area contributed by atoms with Gasteiger partial charge >= 0.3 is 0 Å². The van der Waals surface area contributed by atoms with Gasteiger partial charge in [-0.05, 0) is 37.7 Å². The smallest absolute Gasteiger partial charge is 0.238 e. The first-order valence-electron chi connectivity index (χ1n) is 6.94. The highest BCUT2D eigenvalue weighted by atomic mass is 16.5. The molecule has 1 amide bonds. The van der Waals surface area contributed by atoms with Crippen molar-refractivity contribution in [3.63, 3.8) is 0 Å². The number of benzene rings is 1. The van der Waals surface area contributed by atoms with Crippen molar-refractivity contribution in [2.24, 2.45) is 0 Å². The van der Waals surface area contributed by atoms with Crippen LogP contribution in [-0.2, 0) is 4.79 Å². The van der Waals surface area contributed by atoms with Crippen molar-refractivity contribution in [1.82, 2.24) is 4.90 Å². The lowest BCUT2D eigenvalue weighted by Crippen LogP contribution is -2.32. The third kappa shape index (κ3) is 5.89. The van der Waals surface area contributed by atoms with Crippen LogP contribution in [0.4, 0.5) is 5.69 Å². The molecule has 4 nitrogen and oxygen atoms in total. The van der Waals surface area contributed by atoms with Crippen LogP contribution < -0.4 is 10.1 Å². The van der Waals surface area contributed by atoms with E-state index in [1.807, 2.05) is 45.0 Å². The Hall–Kier alpha value is -1.81. The number of nitrogens with one attached hydrogen (secondary N) is 1. The van der Waals surface area contributed by atoms with Gasteiger partial charge in [0.1, 0.15) is 12.4 Å². The minimum absolute atomic E-state index is 0.00856. The second kappa shape index (κ2) is 8.38. The topological polar surface area (TPSA) is 41.6 Å². The molecule has 0 bridgehead atoms. The SMILES string of the molecule is C=C(C)COc1cccc(NC(=O)CN(CC)CC)c1. The normalized spacial score (nSPS) is 10.4. The summed E-state index contributed by atoms with van der Waals surface area (Å²) in [5.74, 6) is 0.722. The zero-order valence-electron chi connectivity index (χ0n) is 12.6. The first-order valence-corrected chi connectivity index (χ1v) is 6.94. The summed E-state index contributed by atoms with van der Waals surface area (Å²) < 4.78 is 5.55. The lowest BCUT2D eigenvalue weighted by molar-refractivity contribution is -0.117. The maximum absolute atomic E-state index is 11.9. The van der Waals surface area contributed by atoms with Gasteiger partial charge in [0.2, 0.25) is 5.91 Å². The van der Waals surface area contributed by atoms with Gasteiger partial charge in [0.05, 0.1) is 6.54 Å². The molecule has 1 aromatic rings. The number of likely N-dealkylation sites (N-methyl/N-ethyl adjacent to an activating group) is 1. The van der Waals surface area contributed by atoms with Gasteiger partial charge < -0.3 is 10.1 Å². The van der Waals surface area contributed by atoms with Gasteiger partial charge in [-0.1, -0.05) is 26.5 Å². The lowest BCUT2D eigenvalue weighted by Gasteiger charge is -2.17. The molecule has 0 atom stereocenters. The van der Waals surface area contributed by atoms with Gasteiger partial charge in [0.15, 0.2) is 0 Å². The van der Waals surface area contributed by atoms with Crippen molar-refractivity contribution in [2.45, 2.75) is 20.8 Å². The highest BCUT2D eigenvalue weighted by Crippen LogP contribution is 2.17. The molecule has 4 heteroatoms. The van der Waals surface area contributed by atoms with Gasteiger partial charge in [-0.3, -0.25) is 9.69 Å². The summed E-state index contributed by atoms with van der Waals surface area (Å²) in [5.41, 5.74) is 1.71. The third-order valence-electron chi connectivity index (χ3n) is 2.86. The average molecular weight is 276 g/mol. The molecule has 0 aliphatic rings. The predicted octanol–water partition coefficient (Wildman–Crippen LogP) is 2.92. The molecule has 1 N–H and O–H groups in total. The molecule has 0 aromatic heterocycles. The Morgan fingerprint density at radius 3 is 2.65 bits per heavy atom. The maximum atomic E-state index is 11.9. The van der Waals surface area contributed by atoms with Gasteiger partial charge in [0, 0.05) is 11.8 Å². The Bertz CT molecular complexity index is 454. The van der Waals surface area contributed by atoms with Crippen LogP contribution in [0.2, 0.25) is 0 Å². The van der Waals surface area contributed by atoms with Crippen molar-refractivity contribution in [3.8, 4) is 5.75 Å². The van der Waals surface area contributed by atoms with Crippen LogP contribution in [0.5, 0.6) is 5.75 Å². The zero-order valence-corrected chi connectivity index (χ0v) is 12.6. The fourth-order valence-electron chi connectivity index (χ4n) is 1.72. The molecule has 0 saturated heterocycles. The molecular formula is C16H24N2O2. The van der Waals surface area contributed by atoms with E-state index in [9.17, 15) is 4.79 Å². The van der Waals surface area contributed by atoms with Crippen molar-refractivity contribution < 1.29 is 9.53 Å². The van der Waals surface area contributed by atoms with E-state index in [0.717, 1.165) is 30.1 Å². The van der Waals surface area contributed by atoms with E-state index in [1.165, 1.54) is 0 Å². The lowest BCUT2D eigenvalue weighted by atomic mass is 10.3. The van der Waals surface area contributed by atoms with Crippen molar-refractivity contribution >= 4 is 11.6 Å². The molecule has 0 heterocycles. The number of carbonyl (C=O) groups excluding carboxylic acids is 1. The molecule has 0 aliphatic carbocycles. The van der Waals surface area contributed by atoms with Gasteiger partial charge in [-0.2, -0.15) is 0 Å². The highest BCUT2D eigenvalue weighted by Gasteiger charge is 2.07. The molecular weight excluding hydrogens is 252 g/mol. The van der Waals surface area contributed by atoms with Crippen LogP contribution >= 0.6 is 0 Å². The Labute approximate surface area is 121 Å². The molecule has 1 aromatic carbocycles. The van der Waals surface area contributed by atoms with E-state index in [1.54, 1.807) is 0 Å². The molecule has 1 rings (SSSR count). The Balaban J connectivity index is 2.56. The minimum Gasteiger partial charge on any atom is -0.489 e. The summed E-state index contributed by atoms with van der Waals surface area (Å²) in [7, 11) is 0. The third-order valence-corrected chi connectivity index (χ3v) is 2.86.